The van der Waals surface area contributed by atoms with Gasteiger partial charge in [0.25, 0.3) is 5.69 Å². The molecule has 0 saturated heterocycles. The van der Waals surface area contributed by atoms with E-state index < -0.39 is 4.92 Å². The van der Waals surface area contributed by atoms with Crippen LogP contribution in [0.5, 0.6) is 5.75 Å². The highest BCUT2D eigenvalue weighted by Crippen LogP contribution is 2.23. The van der Waals surface area contributed by atoms with Crippen molar-refractivity contribution in [3.63, 3.8) is 0 Å². The molecule has 0 amide bonds. The van der Waals surface area contributed by atoms with Gasteiger partial charge in [-0.2, -0.15) is 0 Å². The number of ether oxygens (including phenoxy) is 1. The number of hydrogen-bond donors (Lipinski definition) is 2. The van der Waals surface area contributed by atoms with E-state index in [1.165, 1.54) is 19.2 Å². The maximum atomic E-state index is 10.8. The number of nitro groups is 1. The van der Waals surface area contributed by atoms with Gasteiger partial charge in [-0.1, -0.05) is 0 Å². The van der Waals surface area contributed by atoms with Crippen LogP contribution in [-0.4, -0.2) is 53.4 Å². The fourth-order valence-corrected chi connectivity index (χ4v) is 1.77. The lowest BCUT2D eigenvalue weighted by Gasteiger charge is -2.20. The van der Waals surface area contributed by atoms with Crippen molar-refractivity contribution in [3.05, 3.63) is 33.9 Å². The number of benzene rings is 1. The summed E-state index contributed by atoms with van der Waals surface area (Å²) < 4.78 is 5.03. The molecule has 0 aromatic heterocycles. The van der Waals surface area contributed by atoms with E-state index in [1.54, 1.807) is 11.0 Å². The van der Waals surface area contributed by atoms with E-state index in [-0.39, 0.29) is 18.9 Å². The van der Waals surface area contributed by atoms with Gasteiger partial charge in [-0.15, -0.1) is 0 Å². The molecule has 0 heterocycles. The van der Waals surface area contributed by atoms with Crippen LogP contribution in [0.25, 0.3) is 0 Å². The number of aliphatic hydroxyl groups excluding tert-OH is 2. The number of non-ortho nitro benzene ring substituents is 1. The Kier molecular flexibility index (Phi) is 6.20. The van der Waals surface area contributed by atoms with E-state index >= 15 is 0 Å². The van der Waals surface area contributed by atoms with Crippen LogP contribution in [0.4, 0.5) is 5.69 Å². The lowest BCUT2D eigenvalue weighted by atomic mass is 10.1. The predicted octanol–water partition coefficient (Wildman–Crippen LogP) is 0.390. The number of nitrogens with zero attached hydrogens (tertiary/aromatic N) is 2. The van der Waals surface area contributed by atoms with Crippen molar-refractivity contribution in [2.75, 3.05) is 33.4 Å². The van der Waals surface area contributed by atoms with Gasteiger partial charge in [-0.05, 0) is 11.6 Å². The van der Waals surface area contributed by atoms with Crippen molar-refractivity contribution in [3.8, 4) is 5.75 Å². The Morgan fingerprint density at radius 3 is 2.37 bits per heavy atom. The molecule has 0 unspecified atom stereocenters. The summed E-state index contributed by atoms with van der Waals surface area (Å²) in [6.07, 6.45) is 0. The predicted molar refractivity (Wildman–Crippen MR) is 69.1 cm³/mol. The Labute approximate surface area is 111 Å². The quantitative estimate of drug-likeness (QED) is 0.524. The van der Waals surface area contributed by atoms with Gasteiger partial charge in [-0.3, -0.25) is 15.0 Å². The van der Waals surface area contributed by atoms with Gasteiger partial charge in [0.15, 0.2) is 0 Å². The molecule has 0 radical (unpaired) electrons. The number of nitro benzene ring substituents is 1. The highest BCUT2D eigenvalue weighted by Gasteiger charge is 2.12. The van der Waals surface area contributed by atoms with Gasteiger partial charge in [0.05, 0.1) is 31.3 Å². The van der Waals surface area contributed by atoms with Crippen LogP contribution < -0.4 is 4.74 Å². The van der Waals surface area contributed by atoms with E-state index in [0.717, 1.165) is 0 Å². The summed E-state index contributed by atoms with van der Waals surface area (Å²) in [5, 5.41) is 28.7. The lowest BCUT2D eigenvalue weighted by molar-refractivity contribution is -0.385. The Balaban J connectivity index is 2.91. The van der Waals surface area contributed by atoms with E-state index in [0.29, 0.717) is 30.9 Å². The second-order valence-corrected chi connectivity index (χ2v) is 4.02. The summed E-state index contributed by atoms with van der Waals surface area (Å²) in [4.78, 5) is 12.1. The molecule has 1 aromatic rings. The van der Waals surface area contributed by atoms with Gasteiger partial charge < -0.3 is 14.9 Å². The summed E-state index contributed by atoms with van der Waals surface area (Å²) in [7, 11) is 1.45. The molecule has 0 saturated carbocycles. The van der Waals surface area contributed by atoms with Gasteiger partial charge in [0.2, 0.25) is 0 Å². The molecule has 7 nitrogen and oxygen atoms in total. The van der Waals surface area contributed by atoms with Crippen molar-refractivity contribution in [2.45, 2.75) is 6.54 Å². The monoisotopic (exact) mass is 270 g/mol. The first-order chi connectivity index (χ1) is 9.10. The molecule has 1 rings (SSSR count). The Hall–Kier alpha value is -1.70. The minimum Gasteiger partial charge on any atom is -0.496 e. The molecule has 19 heavy (non-hydrogen) atoms. The highest BCUT2D eigenvalue weighted by atomic mass is 16.6. The molecule has 0 atom stereocenters. The zero-order valence-corrected chi connectivity index (χ0v) is 10.8. The molecule has 0 aliphatic rings. The van der Waals surface area contributed by atoms with Crippen LogP contribution in [0.2, 0.25) is 0 Å². The normalized spacial score (nSPS) is 10.7. The van der Waals surface area contributed by atoms with E-state index in [9.17, 15) is 10.1 Å². The molecule has 106 valence electrons. The second kappa shape index (κ2) is 7.67. The van der Waals surface area contributed by atoms with Crippen molar-refractivity contribution >= 4 is 5.69 Å². The third-order valence-electron chi connectivity index (χ3n) is 2.64. The van der Waals surface area contributed by atoms with Crippen molar-refractivity contribution < 1.29 is 19.9 Å². The Morgan fingerprint density at radius 2 is 1.89 bits per heavy atom. The van der Waals surface area contributed by atoms with Crippen molar-refractivity contribution in [1.29, 1.82) is 0 Å². The minimum atomic E-state index is -0.478. The maximum Gasteiger partial charge on any atom is 0.273 e. The number of aliphatic hydroxyl groups is 2. The van der Waals surface area contributed by atoms with Crippen LogP contribution in [0.1, 0.15) is 5.56 Å². The number of hydrogen-bond acceptors (Lipinski definition) is 6. The van der Waals surface area contributed by atoms with Crippen LogP contribution in [-0.2, 0) is 6.54 Å². The molecular formula is C12H18N2O5. The minimum absolute atomic E-state index is 0.0357. The van der Waals surface area contributed by atoms with Crippen molar-refractivity contribution in [1.82, 2.24) is 4.90 Å². The number of rotatable bonds is 8. The van der Waals surface area contributed by atoms with Crippen LogP contribution >= 0.6 is 0 Å². The summed E-state index contributed by atoms with van der Waals surface area (Å²) >= 11 is 0. The van der Waals surface area contributed by atoms with Crippen molar-refractivity contribution in [2.24, 2.45) is 0 Å². The molecule has 0 fully saturated rings. The summed E-state index contributed by atoms with van der Waals surface area (Å²) in [6.45, 7) is 1.12. The molecular weight excluding hydrogens is 252 g/mol. The zero-order chi connectivity index (χ0) is 14.3. The second-order valence-electron chi connectivity index (χ2n) is 4.02. The molecule has 0 aliphatic carbocycles. The van der Waals surface area contributed by atoms with Crippen LogP contribution in [0.15, 0.2) is 18.2 Å². The molecule has 0 aliphatic heterocycles. The Bertz CT molecular complexity index is 419. The van der Waals surface area contributed by atoms with E-state index in [1.807, 2.05) is 0 Å². The van der Waals surface area contributed by atoms with Gasteiger partial charge in [-0.25, -0.2) is 0 Å². The maximum absolute atomic E-state index is 10.8. The first kappa shape index (κ1) is 15.4. The largest absolute Gasteiger partial charge is 0.496 e. The van der Waals surface area contributed by atoms with Gasteiger partial charge in [0, 0.05) is 25.7 Å². The SMILES string of the molecule is COc1cc(CN(CCO)CCO)cc([N+](=O)[O-])c1. The summed E-state index contributed by atoms with van der Waals surface area (Å²) in [5.41, 5.74) is 0.662. The zero-order valence-electron chi connectivity index (χ0n) is 10.8. The van der Waals surface area contributed by atoms with E-state index in [2.05, 4.69) is 0 Å². The highest BCUT2D eigenvalue weighted by molar-refractivity contribution is 5.42. The van der Waals surface area contributed by atoms with Crippen LogP contribution in [0, 0.1) is 10.1 Å². The smallest absolute Gasteiger partial charge is 0.273 e. The molecule has 7 heteroatoms. The lowest BCUT2D eigenvalue weighted by Crippen LogP contribution is -2.29. The molecule has 2 N–H and O–H groups in total. The number of methoxy groups -OCH3 is 1. The Morgan fingerprint density at radius 1 is 1.26 bits per heavy atom. The topological polar surface area (TPSA) is 96.1 Å². The van der Waals surface area contributed by atoms with Gasteiger partial charge in [0.1, 0.15) is 5.75 Å². The average molecular weight is 270 g/mol. The van der Waals surface area contributed by atoms with E-state index in [4.69, 9.17) is 14.9 Å². The molecule has 0 spiro atoms. The van der Waals surface area contributed by atoms with Crippen LogP contribution in [0.3, 0.4) is 0 Å². The third-order valence-corrected chi connectivity index (χ3v) is 2.64. The first-order valence-electron chi connectivity index (χ1n) is 5.87. The average Bonchev–Trinajstić information content (AvgIpc) is 2.38. The third kappa shape index (κ3) is 4.82. The summed E-state index contributed by atoms with van der Waals surface area (Å²) in [5.74, 6) is 0.414. The molecule has 0 bridgehead atoms. The first-order valence-corrected chi connectivity index (χ1v) is 5.87. The standard InChI is InChI=1S/C12H18N2O5/c1-19-12-7-10(6-11(8-12)14(17)18)9-13(2-4-15)3-5-16/h6-8,15-16H,2-5,9H2,1H3. The van der Waals surface area contributed by atoms with Gasteiger partial charge >= 0.3 is 0 Å². The fourth-order valence-electron chi connectivity index (χ4n) is 1.77. The molecule has 1 aromatic carbocycles. The fraction of sp³-hybridized carbons (Fsp3) is 0.500. The summed E-state index contributed by atoms with van der Waals surface area (Å²) in [6, 6.07) is 4.52.